The highest BCUT2D eigenvalue weighted by Gasteiger charge is 2.45. The maximum Gasteiger partial charge on any atom is 0.243 e. The minimum Gasteiger partial charge on any atom is -0.277 e. The minimum atomic E-state index is -3.59. The second kappa shape index (κ2) is 5.08. The van der Waals surface area contributed by atoms with Crippen LogP contribution in [0.4, 0.5) is 0 Å². The molecule has 6 nitrogen and oxygen atoms in total. The molecule has 2 amide bonds. The number of carbonyl (C=O) groups excluding carboxylic acids is 2. The first-order valence-corrected chi connectivity index (χ1v) is 8.32. The Bertz CT molecular complexity index is 679. The van der Waals surface area contributed by atoms with Crippen LogP contribution in [0.15, 0.2) is 29.2 Å². The van der Waals surface area contributed by atoms with Gasteiger partial charge in [-0.05, 0) is 24.3 Å². The zero-order valence-corrected chi connectivity index (χ0v) is 12.6. The molecular weight excluding hydrogens is 316 g/mol. The molecule has 112 valence electrons. The third kappa shape index (κ3) is 2.45. The maximum atomic E-state index is 12.3. The van der Waals surface area contributed by atoms with Crippen LogP contribution in [0.25, 0.3) is 0 Å². The Morgan fingerprint density at radius 2 is 1.52 bits per heavy atom. The number of imide groups is 1. The van der Waals surface area contributed by atoms with Gasteiger partial charge in [0.25, 0.3) is 0 Å². The Balaban J connectivity index is 1.72. The molecule has 21 heavy (non-hydrogen) atoms. The Labute approximate surface area is 127 Å². The van der Waals surface area contributed by atoms with Crippen molar-refractivity contribution in [3.63, 3.8) is 0 Å². The zero-order valence-electron chi connectivity index (χ0n) is 11.0. The molecule has 2 aliphatic heterocycles. The third-order valence-corrected chi connectivity index (χ3v) is 5.83. The quantitative estimate of drug-likeness (QED) is 0.771. The molecule has 1 aromatic rings. The molecule has 0 radical (unpaired) electrons. The van der Waals surface area contributed by atoms with Crippen molar-refractivity contribution in [3.05, 3.63) is 29.3 Å². The van der Waals surface area contributed by atoms with Crippen molar-refractivity contribution in [1.29, 1.82) is 0 Å². The summed E-state index contributed by atoms with van der Waals surface area (Å²) in [5.41, 5.74) is 0. The zero-order chi connectivity index (χ0) is 15.2. The van der Waals surface area contributed by atoms with Gasteiger partial charge in [-0.25, -0.2) is 8.42 Å². The van der Waals surface area contributed by atoms with Crippen LogP contribution in [0, 0.1) is 0 Å². The van der Waals surface area contributed by atoms with E-state index in [1.807, 2.05) is 0 Å². The van der Waals surface area contributed by atoms with Crippen LogP contribution in [-0.4, -0.2) is 48.6 Å². The van der Waals surface area contributed by atoms with Crippen molar-refractivity contribution in [2.24, 2.45) is 0 Å². The number of amides is 2. The number of carbonyl (C=O) groups is 2. The highest BCUT2D eigenvalue weighted by Crippen LogP contribution is 2.27. The van der Waals surface area contributed by atoms with E-state index in [0.29, 0.717) is 5.02 Å². The van der Waals surface area contributed by atoms with Crippen molar-refractivity contribution >= 4 is 33.4 Å². The molecule has 2 aliphatic rings. The summed E-state index contributed by atoms with van der Waals surface area (Å²) in [6.07, 6.45) is 0.443. The van der Waals surface area contributed by atoms with E-state index in [-0.39, 0.29) is 48.7 Å². The minimum absolute atomic E-state index is 0.155. The number of nitrogens with zero attached hydrogens (tertiary/aromatic N) is 2. The van der Waals surface area contributed by atoms with Crippen molar-refractivity contribution in [2.75, 3.05) is 13.1 Å². The van der Waals surface area contributed by atoms with E-state index in [1.165, 1.54) is 33.5 Å². The Kier molecular flexibility index (Phi) is 3.51. The first-order valence-electron chi connectivity index (χ1n) is 6.50. The lowest BCUT2D eigenvalue weighted by Gasteiger charge is -2.41. The second-order valence-electron chi connectivity index (χ2n) is 5.09. The molecule has 0 unspecified atom stereocenters. The van der Waals surface area contributed by atoms with E-state index in [9.17, 15) is 18.0 Å². The summed E-state index contributed by atoms with van der Waals surface area (Å²) in [5, 5.41) is 0.462. The van der Waals surface area contributed by atoms with Crippen LogP contribution < -0.4 is 0 Å². The summed E-state index contributed by atoms with van der Waals surface area (Å²) in [6.45, 7) is 0.310. The monoisotopic (exact) mass is 328 g/mol. The third-order valence-electron chi connectivity index (χ3n) is 3.74. The lowest BCUT2D eigenvalue weighted by molar-refractivity contribution is -0.143. The average Bonchev–Trinajstić information content (AvgIpc) is 2.69. The molecule has 8 heteroatoms. The first-order chi connectivity index (χ1) is 9.89. The fourth-order valence-corrected chi connectivity index (χ4v) is 4.17. The van der Waals surface area contributed by atoms with Crippen LogP contribution in [-0.2, 0) is 19.6 Å². The smallest absolute Gasteiger partial charge is 0.243 e. The van der Waals surface area contributed by atoms with Gasteiger partial charge in [-0.1, -0.05) is 11.6 Å². The van der Waals surface area contributed by atoms with E-state index >= 15 is 0 Å². The molecular formula is C13H13ClN2O4S. The Hall–Kier alpha value is -1.44. The molecule has 0 spiro atoms. The van der Waals surface area contributed by atoms with Gasteiger partial charge in [-0.2, -0.15) is 4.31 Å². The summed E-state index contributed by atoms with van der Waals surface area (Å²) in [4.78, 5) is 24.6. The summed E-state index contributed by atoms with van der Waals surface area (Å²) in [7, 11) is -3.59. The molecule has 0 aromatic heterocycles. The molecule has 2 fully saturated rings. The highest BCUT2D eigenvalue weighted by atomic mass is 35.5. The number of sulfonamides is 1. The molecule has 0 bridgehead atoms. The van der Waals surface area contributed by atoms with E-state index < -0.39 is 10.0 Å². The molecule has 2 heterocycles. The van der Waals surface area contributed by atoms with Gasteiger partial charge in [0.05, 0.1) is 10.9 Å². The second-order valence-corrected chi connectivity index (χ2v) is 7.46. The number of hydrogen-bond acceptors (Lipinski definition) is 4. The van der Waals surface area contributed by atoms with E-state index in [0.717, 1.165) is 0 Å². The topological polar surface area (TPSA) is 74.8 Å². The highest BCUT2D eigenvalue weighted by molar-refractivity contribution is 7.89. The Morgan fingerprint density at radius 3 is 2.05 bits per heavy atom. The molecule has 0 atom stereocenters. The van der Waals surface area contributed by atoms with Crippen molar-refractivity contribution in [2.45, 2.75) is 23.8 Å². The van der Waals surface area contributed by atoms with Crippen LogP contribution in [0.1, 0.15) is 12.8 Å². The number of likely N-dealkylation sites (tertiary alicyclic amines) is 1. The average molecular weight is 329 g/mol. The van der Waals surface area contributed by atoms with Crippen molar-refractivity contribution in [1.82, 2.24) is 9.21 Å². The summed E-state index contributed by atoms with van der Waals surface area (Å²) >= 11 is 5.74. The summed E-state index contributed by atoms with van der Waals surface area (Å²) in [6, 6.07) is 5.57. The van der Waals surface area contributed by atoms with Gasteiger partial charge < -0.3 is 0 Å². The molecule has 0 saturated carbocycles. The molecule has 0 aliphatic carbocycles. The maximum absolute atomic E-state index is 12.3. The SMILES string of the molecule is O=C1CCC(=O)N1C1CN(S(=O)(=O)c2ccc(Cl)cc2)C1. The molecule has 2 saturated heterocycles. The lowest BCUT2D eigenvalue weighted by atomic mass is 10.1. The van der Waals surface area contributed by atoms with Gasteiger partial charge in [0, 0.05) is 31.0 Å². The number of hydrogen-bond donors (Lipinski definition) is 0. The van der Waals surface area contributed by atoms with Crippen LogP contribution in [0.5, 0.6) is 0 Å². The van der Waals surface area contributed by atoms with E-state index in [2.05, 4.69) is 0 Å². The van der Waals surface area contributed by atoms with Crippen molar-refractivity contribution < 1.29 is 18.0 Å². The van der Waals surface area contributed by atoms with Crippen LogP contribution in [0.2, 0.25) is 5.02 Å². The van der Waals surface area contributed by atoms with Crippen molar-refractivity contribution in [3.8, 4) is 0 Å². The normalized spacial score (nSPS) is 20.9. The number of halogens is 1. The molecule has 1 aromatic carbocycles. The van der Waals surface area contributed by atoms with E-state index in [1.54, 1.807) is 0 Å². The number of rotatable bonds is 3. The largest absolute Gasteiger partial charge is 0.277 e. The van der Waals surface area contributed by atoms with Gasteiger partial charge in [-0.3, -0.25) is 14.5 Å². The number of benzene rings is 1. The summed E-state index contributed by atoms with van der Waals surface area (Å²) < 4.78 is 26.0. The van der Waals surface area contributed by atoms with Crippen LogP contribution >= 0.6 is 11.6 Å². The van der Waals surface area contributed by atoms with Crippen LogP contribution in [0.3, 0.4) is 0 Å². The molecule has 3 rings (SSSR count). The van der Waals surface area contributed by atoms with Gasteiger partial charge >= 0.3 is 0 Å². The van der Waals surface area contributed by atoms with Gasteiger partial charge in [0.15, 0.2) is 0 Å². The Morgan fingerprint density at radius 1 is 1.00 bits per heavy atom. The van der Waals surface area contributed by atoms with E-state index in [4.69, 9.17) is 11.6 Å². The van der Waals surface area contributed by atoms with Gasteiger partial charge in [0.2, 0.25) is 21.8 Å². The standard InChI is InChI=1S/C13H13ClN2O4S/c14-9-1-3-11(4-2-9)21(19,20)15-7-10(8-15)16-12(17)5-6-13(16)18/h1-4,10H,5-8H2. The fraction of sp³-hybridized carbons (Fsp3) is 0.385. The summed E-state index contributed by atoms with van der Waals surface area (Å²) in [5.74, 6) is -0.429. The van der Waals surface area contributed by atoms with Gasteiger partial charge in [-0.15, -0.1) is 0 Å². The van der Waals surface area contributed by atoms with Gasteiger partial charge in [0.1, 0.15) is 0 Å². The fourth-order valence-electron chi connectivity index (χ4n) is 2.53. The molecule has 0 N–H and O–H groups in total. The lowest BCUT2D eigenvalue weighted by Crippen LogP contribution is -2.62. The predicted octanol–water partition coefficient (Wildman–Crippen LogP) is 0.862. The predicted molar refractivity (Wildman–Crippen MR) is 75.1 cm³/mol. The first kappa shape index (κ1) is 14.5.